The van der Waals surface area contributed by atoms with E-state index in [9.17, 15) is 4.79 Å². The number of pyridine rings is 1. The van der Waals surface area contributed by atoms with Gasteiger partial charge in [0.15, 0.2) is 0 Å². The molecule has 0 aliphatic rings. The first-order chi connectivity index (χ1) is 12.6. The van der Waals surface area contributed by atoms with Crippen molar-refractivity contribution in [3.05, 3.63) is 65.1 Å². The second-order valence-electron chi connectivity index (χ2n) is 6.76. The van der Waals surface area contributed by atoms with Gasteiger partial charge in [-0.25, -0.2) is 0 Å². The molecule has 4 heteroatoms. The number of amides is 1. The average Bonchev–Trinajstić information content (AvgIpc) is 2.97. The highest BCUT2D eigenvalue weighted by atomic mass is 16.2. The molecule has 0 unspecified atom stereocenters. The smallest absolute Gasteiger partial charge is 0.270 e. The van der Waals surface area contributed by atoms with E-state index < -0.39 is 0 Å². The Hall–Kier alpha value is -2.62. The Morgan fingerprint density at radius 1 is 1.12 bits per heavy atom. The van der Waals surface area contributed by atoms with Gasteiger partial charge in [0.05, 0.1) is 0 Å². The second-order valence-corrected chi connectivity index (χ2v) is 6.76. The lowest BCUT2D eigenvalue weighted by Crippen LogP contribution is -2.31. The predicted octanol–water partition coefficient (Wildman–Crippen LogP) is 4.24. The number of aromatic nitrogens is 2. The van der Waals surface area contributed by atoms with Crippen LogP contribution in [0.2, 0.25) is 0 Å². The zero-order chi connectivity index (χ0) is 18.7. The maximum Gasteiger partial charge on any atom is 0.270 e. The largest absolute Gasteiger partial charge is 0.340 e. The molecule has 2 heterocycles. The number of hydrogen-bond donors (Lipinski definition) is 0. The van der Waals surface area contributed by atoms with Gasteiger partial charge in [-0.15, -0.1) is 0 Å². The molecule has 3 aromatic rings. The molecule has 4 nitrogen and oxygen atoms in total. The number of fused-ring (bicyclic) bond motifs is 1. The van der Waals surface area contributed by atoms with Gasteiger partial charge in [-0.1, -0.05) is 13.0 Å². The summed E-state index contributed by atoms with van der Waals surface area (Å²) in [4.78, 5) is 19.1. The molecule has 0 saturated carbocycles. The monoisotopic (exact) mass is 349 g/mol. The van der Waals surface area contributed by atoms with Crippen LogP contribution < -0.4 is 0 Å². The molecule has 0 aliphatic carbocycles. The molecule has 0 radical (unpaired) electrons. The highest BCUT2D eigenvalue weighted by molar-refractivity contribution is 6.01. The number of likely N-dealkylation sites (N-methyl/N-ethyl adjacent to an activating group) is 1. The van der Waals surface area contributed by atoms with E-state index in [-0.39, 0.29) is 5.91 Å². The summed E-state index contributed by atoms with van der Waals surface area (Å²) in [6.07, 6.45) is 5.42. The molecule has 1 aromatic carbocycles. The van der Waals surface area contributed by atoms with Crippen molar-refractivity contribution >= 4 is 16.8 Å². The molecule has 26 heavy (non-hydrogen) atoms. The number of rotatable bonds is 6. The topological polar surface area (TPSA) is 38.1 Å². The Balaban J connectivity index is 1.90. The lowest BCUT2D eigenvalue weighted by molar-refractivity contribution is 0.0786. The van der Waals surface area contributed by atoms with Gasteiger partial charge in [0.1, 0.15) is 5.69 Å². The van der Waals surface area contributed by atoms with E-state index >= 15 is 0 Å². The molecule has 0 saturated heterocycles. The van der Waals surface area contributed by atoms with E-state index in [1.807, 2.05) is 24.1 Å². The summed E-state index contributed by atoms with van der Waals surface area (Å²) in [6, 6.07) is 10.5. The van der Waals surface area contributed by atoms with Crippen molar-refractivity contribution in [1.29, 1.82) is 0 Å². The number of nitrogens with zero attached hydrogens (tertiary/aromatic N) is 3. The molecule has 3 rings (SSSR count). The highest BCUT2D eigenvalue weighted by Gasteiger charge is 2.22. The molecule has 0 bridgehead atoms. The molecule has 0 aliphatic heterocycles. The third-order valence-corrected chi connectivity index (χ3v) is 5.14. The minimum absolute atomic E-state index is 0.0904. The number of carbonyl (C=O) groups is 1. The van der Waals surface area contributed by atoms with Gasteiger partial charge in [-0.2, -0.15) is 0 Å². The summed E-state index contributed by atoms with van der Waals surface area (Å²) in [6.45, 7) is 7.80. The standard InChI is InChI=1S/C22H27N3O/c1-5-17-7-8-20-19(15-17)16(3)21(25(20)6-2)22(26)24(4)14-11-18-9-12-23-13-10-18/h7-10,12-13,15H,5-6,11,14H2,1-4H3. The molecule has 0 fully saturated rings. The van der Waals surface area contributed by atoms with Crippen molar-refractivity contribution in [2.75, 3.05) is 13.6 Å². The van der Waals surface area contributed by atoms with Crippen LogP contribution in [0.25, 0.3) is 10.9 Å². The Morgan fingerprint density at radius 2 is 1.85 bits per heavy atom. The van der Waals surface area contributed by atoms with E-state index in [0.29, 0.717) is 6.54 Å². The summed E-state index contributed by atoms with van der Waals surface area (Å²) < 4.78 is 2.15. The maximum absolute atomic E-state index is 13.2. The fourth-order valence-corrected chi connectivity index (χ4v) is 3.52. The fraction of sp³-hybridized carbons (Fsp3) is 0.364. The van der Waals surface area contributed by atoms with Crippen molar-refractivity contribution in [2.24, 2.45) is 0 Å². The minimum atomic E-state index is 0.0904. The third kappa shape index (κ3) is 3.36. The van der Waals surface area contributed by atoms with Crippen molar-refractivity contribution < 1.29 is 4.79 Å². The quantitative estimate of drug-likeness (QED) is 0.667. The van der Waals surface area contributed by atoms with Crippen LogP contribution in [-0.2, 0) is 19.4 Å². The van der Waals surface area contributed by atoms with Crippen LogP contribution in [0, 0.1) is 6.92 Å². The zero-order valence-electron chi connectivity index (χ0n) is 16.1. The first-order valence-electron chi connectivity index (χ1n) is 9.32. The van der Waals surface area contributed by atoms with Crippen molar-refractivity contribution in [2.45, 2.75) is 40.2 Å². The van der Waals surface area contributed by atoms with Crippen molar-refractivity contribution in [1.82, 2.24) is 14.5 Å². The summed E-state index contributed by atoms with van der Waals surface area (Å²) in [5.41, 5.74) is 5.54. The summed E-state index contributed by atoms with van der Waals surface area (Å²) in [7, 11) is 1.89. The van der Waals surface area contributed by atoms with Crippen LogP contribution in [0.3, 0.4) is 0 Å². The molecule has 0 N–H and O–H groups in total. The Labute approximate surface area is 155 Å². The van der Waals surface area contributed by atoms with Crippen molar-refractivity contribution in [3.63, 3.8) is 0 Å². The Kier molecular flexibility index (Phi) is 5.40. The molecular formula is C22H27N3O. The van der Waals surface area contributed by atoms with E-state index in [2.05, 4.69) is 48.5 Å². The summed E-state index contributed by atoms with van der Waals surface area (Å²) >= 11 is 0. The van der Waals surface area contributed by atoms with Gasteiger partial charge in [0, 0.05) is 43.4 Å². The lowest BCUT2D eigenvalue weighted by atomic mass is 10.1. The number of hydrogen-bond acceptors (Lipinski definition) is 2. The van der Waals surface area contributed by atoms with Crippen LogP contribution >= 0.6 is 0 Å². The number of aryl methyl sites for hydroxylation is 3. The van der Waals surface area contributed by atoms with Crippen LogP contribution in [0.1, 0.15) is 41.0 Å². The molecule has 0 atom stereocenters. The Bertz CT molecular complexity index is 912. The van der Waals surface area contributed by atoms with E-state index in [1.165, 1.54) is 16.5 Å². The van der Waals surface area contributed by atoms with E-state index in [4.69, 9.17) is 0 Å². The van der Waals surface area contributed by atoms with Gasteiger partial charge in [-0.05, 0) is 67.6 Å². The SMILES string of the molecule is CCc1ccc2c(c1)c(C)c(C(=O)N(C)CCc1ccncc1)n2CC. The molecule has 1 amide bonds. The maximum atomic E-state index is 13.2. The second kappa shape index (κ2) is 7.73. The first-order valence-corrected chi connectivity index (χ1v) is 9.32. The van der Waals surface area contributed by atoms with Crippen LogP contribution in [-0.4, -0.2) is 34.0 Å². The van der Waals surface area contributed by atoms with Crippen LogP contribution in [0.15, 0.2) is 42.7 Å². The number of benzene rings is 1. The first kappa shape index (κ1) is 18.2. The molecular weight excluding hydrogens is 322 g/mol. The molecule has 136 valence electrons. The fourth-order valence-electron chi connectivity index (χ4n) is 3.52. The number of carbonyl (C=O) groups excluding carboxylic acids is 1. The van der Waals surface area contributed by atoms with Gasteiger partial charge in [-0.3, -0.25) is 9.78 Å². The predicted molar refractivity (Wildman–Crippen MR) is 107 cm³/mol. The average molecular weight is 349 g/mol. The summed E-state index contributed by atoms with van der Waals surface area (Å²) in [5, 5.41) is 1.19. The van der Waals surface area contributed by atoms with E-state index in [0.717, 1.165) is 36.2 Å². The Morgan fingerprint density at radius 3 is 2.50 bits per heavy atom. The zero-order valence-corrected chi connectivity index (χ0v) is 16.1. The van der Waals surface area contributed by atoms with Gasteiger partial charge >= 0.3 is 0 Å². The minimum Gasteiger partial charge on any atom is -0.340 e. The third-order valence-electron chi connectivity index (χ3n) is 5.14. The van der Waals surface area contributed by atoms with Crippen LogP contribution in [0.4, 0.5) is 0 Å². The van der Waals surface area contributed by atoms with Gasteiger partial charge in [0.2, 0.25) is 0 Å². The van der Waals surface area contributed by atoms with Crippen molar-refractivity contribution in [3.8, 4) is 0 Å². The van der Waals surface area contributed by atoms with E-state index in [1.54, 1.807) is 12.4 Å². The highest BCUT2D eigenvalue weighted by Crippen LogP contribution is 2.28. The molecule has 2 aromatic heterocycles. The lowest BCUT2D eigenvalue weighted by Gasteiger charge is -2.19. The van der Waals surface area contributed by atoms with Gasteiger partial charge in [0.25, 0.3) is 5.91 Å². The molecule has 0 spiro atoms. The van der Waals surface area contributed by atoms with Gasteiger partial charge < -0.3 is 9.47 Å². The van der Waals surface area contributed by atoms with Crippen LogP contribution in [0.5, 0.6) is 0 Å². The normalized spacial score (nSPS) is 11.1. The summed E-state index contributed by atoms with van der Waals surface area (Å²) in [5.74, 6) is 0.0904.